The third-order valence-electron chi connectivity index (χ3n) is 4.99. The number of benzene rings is 2. The average Bonchev–Trinajstić information content (AvgIpc) is 2.74. The van der Waals surface area contributed by atoms with Gasteiger partial charge in [0, 0.05) is 31.1 Å². The van der Waals surface area contributed by atoms with Crippen molar-refractivity contribution in [1.29, 1.82) is 0 Å². The largest absolute Gasteiger partial charge is 0.497 e. The quantitative estimate of drug-likeness (QED) is 0.213. The number of halogens is 1. The molecule has 162 valence electrons. The first-order valence-electron chi connectivity index (χ1n) is 10.2. The Labute approximate surface area is 195 Å². The highest BCUT2D eigenvalue weighted by Crippen LogP contribution is 2.31. The Hall–Kier alpha value is -2.29. The highest BCUT2D eigenvalue weighted by atomic mass is 127. The molecule has 6 nitrogen and oxygen atoms in total. The fourth-order valence-electron chi connectivity index (χ4n) is 3.54. The number of amides is 1. The van der Waals surface area contributed by atoms with Gasteiger partial charge in [-0.2, -0.15) is 0 Å². The molecule has 1 amide bonds. The molecule has 0 bridgehead atoms. The number of hydrogen-bond donors (Lipinski definition) is 3. The van der Waals surface area contributed by atoms with Gasteiger partial charge in [-0.1, -0.05) is 30.3 Å². The first kappa shape index (κ1) is 24.0. The molecule has 3 rings (SSSR count). The fraction of sp³-hybridized carbons (Fsp3) is 0.391. The van der Waals surface area contributed by atoms with E-state index in [4.69, 9.17) is 9.73 Å². The van der Waals surface area contributed by atoms with E-state index in [1.807, 2.05) is 30.3 Å². The van der Waals surface area contributed by atoms with Gasteiger partial charge in [-0.05, 0) is 49.1 Å². The summed E-state index contributed by atoms with van der Waals surface area (Å²) >= 11 is 0. The molecule has 0 spiro atoms. The minimum absolute atomic E-state index is 0. The second kappa shape index (κ2) is 12.4. The van der Waals surface area contributed by atoms with Crippen LogP contribution in [-0.2, 0) is 11.2 Å². The van der Waals surface area contributed by atoms with Crippen molar-refractivity contribution in [2.75, 3.05) is 32.1 Å². The van der Waals surface area contributed by atoms with Crippen molar-refractivity contribution >= 4 is 41.5 Å². The first-order chi connectivity index (χ1) is 14.2. The zero-order chi connectivity index (χ0) is 20.5. The minimum Gasteiger partial charge on any atom is -0.497 e. The van der Waals surface area contributed by atoms with Gasteiger partial charge in [0.25, 0.3) is 0 Å². The Morgan fingerprint density at radius 3 is 2.83 bits per heavy atom. The van der Waals surface area contributed by atoms with Gasteiger partial charge >= 0.3 is 0 Å². The summed E-state index contributed by atoms with van der Waals surface area (Å²) in [5, 5.41) is 9.63. The molecule has 1 aliphatic rings. The molecule has 0 fully saturated rings. The van der Waals surface area contributed by atoms with Gasteiger partial charge in [-0.3, -0.25) is 9.79 Å². The average molecular weight is 522 g/mol. The van der Waals surface area contributed by atoms with Gasteiger partial charge in [0.05, 0.1) is 13.7 Å². The van der Waals surface area contributed by atoms with Crippen LogP contribution >= 0.6 is 24.0 Å². The number of methoxy groups -OCH3 is 1. The number of carbonyl (C=O) groups is 1. The number of rotatable bonds is 8. The standard InChI is InChI=1S/C23H30N4O2.HI/c1-3-24-23(25-13-7-9-17-8-6-10-19(14-17)29-2)26-16-18-15-22(28)27-21-12-5-4-11-20(18)21;/h4-6,8,10-12,14,18H,3,7,9,13,15-16H2,1-2H3,(H,27,28)(H2,24,25,26);1H. The number of carbonyl (C=O) groups excluding carboxylic acids is 1. The van der Waals surface area contributed by atoms with Crippen molar-refractivity contribution in [2.24, 2.45) is 4.99 Å². The minimum atomic E-state index is 0. The Balaban J connectivity index is 0.00000320. The number of ether oxygens (including phenoxy) is 1. The lowest BCUT2D eigenvalue weighted by molar-refractivity contribution is -0.116. The molecule has 1 atom stereocenters. The van der Waals surface area contributed by atoms with Crippen molar-refractivity contribution in [2.45, 2.75) is 32.1 Å². The number of hydrogen-bond acceptors (Lipinski definition) is 3. The lowest BCUT2D eigenvalue weighted by Crippen LogP contribution is -2.38. The Bertz CT molecular complexity index is 857. The van der Waals surface area contributed by atoms with E-state index in [0.29, 0.717) is 13.0 Å². The highest BCUT2D eigenvalue weighted by molar-refractivity contribution is 14.0. The number of anilines is 1. The predicted molar refractivity (Wildman–Crippen MR) is 133 cm³/mol. The molecule has 2 aromatic carbocycles. The molecule has 0 aromatic heterocycles. The van der Waals surface area contributed by atoms with Crippen LogP contribution in [0.2, 0.25) is 0 Å². The first-order valence-corrected chi connectivity index (χ1v) is 10.2. The molecule has 0 aliphatic carbocycles. The molecule has 7 heteroatoms. The zero-order valence-electron chi connectivity index (χ0n) is 17.6. The predicted octanol–water partition coefficient (Wildman–Crippen LogP) is 3.93. The van der Waals surface area contributed by atoms with Crippen LogP contribution in [0.3, 0.4) is 0 Å². The number of aryl methyl sites for hydroxylation is 1. The SMILES string of the molecule is CCNC(=NCC1CC(=O)Nc2ccccc21)NCCCc1cccc(OC)c1.I. The summed E-state index contributed by atoms with van der Waals surface area (Å²) in [6, 6.07) is 16.1. The van der Waals surface area contributed by atoms with E-state index in [9.17, 15) is 4.79 Å². The summed E-state index contributed by atoms with van der Waals surface area (Å²) in [7, 11) is 1.69. The van der Waals surface area contributed by atoms with E-state index in [0.717, 1.165) is 48.9 Å². The molecule has 3 N–H and O–H groups in total. The van der Waals surface area contributed by atoms with Gasteiger partial charge in [0.1, 0.15) is 5.75 Å². The fourth-order valence-corrected chi connectivity index (χ4v) is 3.54. The van der Waals surface area contributed by atoms with Crippen LogP contribution in [-0.4, -0.2) is 38.6 Å². The van der Waals surface area contributed by atoms with Crippen LogP contribution in [0, 0.1) is 0 Å². The number of aliphatic imine (C=N–C) groups is 1. The summed E-state index contributed by atoms with van der Waals surface area (Å²) in [5.41, 5.74) is 3.32. The Kier molecular flexibility index (Phi) is 9.93. The van der Waals surface area contributed by atoms with E-state index >= 15 is 0 Å². The zero-order valence-corrected chi connectivity index (χ0v) is 19.9. The molecule has 1 heterocycles. The van der Waals surface area contributed by atoms with Gasteiger partial charge in [0.2, 0.25) is 5.91 Å². The van der Waals surface area contributed by atoms with Crippen LogP contribution in [0.15, 0.2) is 53.5 Å². The molecule has 2 aromatic rings. The van der Waals surface area contributed by atoms with Crippen LogP contribution in [0.4, 0.5) is 5.69 Å². The summed E-state index contributed by atoms with van der Waals surface area (Å²) < 4.78 is 5.28. The Morgan fingerprint density at radius 2 is 2.03 bits per heavy atom. The molecule has 1 aliphatic heterocycles. The lowest BCUT2D eigenvalue weighted by atomic mass is 9.91. The second-order valence-electron chi connectivity index (χ2n) is 7.14. The number of nitrogens with one attached hydrogen (secondary N) is 3. The summed E-state index contributed by atoms with van der Waals surface area (Å²) in [4.78, 5) is 16.7. The van der Waals surface area contributed by atoms with E-state index in [1.54, 1.807) is 7.11 Å². The summed E-state index contributed by atoms with van der Waals surface area (Å²) in [6.45, 7) is 4.25. The summed E-state index contributed by atoms with van der Waals surface area (Å²) in [5.74, 6) is 1.84. The smallest absolute Gasteiger partial charge is 0.225 e. The molecule has 0 saturated heterocycles. The van der Waals surface area contributed by atoms with Crippen molar-refractivity contribution in [3.8, 4) is 5.75 Å². The van der Waals surface area contributed by atoms with E-state index in [-0.39, 0.29) is 35.8 Å². The molecule has 0 radical (unpaired) electrons. The monoisotopic (exact) mass is 522 g/mol. The van der Waals surface area contributed by atoms with Crippen molar-refractivity contribution < 1.29 is 9.53 Å². The molecule has 30 heavy (non-hydrogen) atoms. The lowest BCUT2D eigenvalue weighted by Gasteiger charge is -2.24. The highest BCUT2D eigenvalue weighted by Gasteiger charge is 2.24. The number of nitrogens with zero attached hydrogens (tertiary/aromatic N) is 1. The van der Waals surface area contributed by atoms with Crippen LogP contribution in [0.25, 0.3) is 0 Å². The number of fused-ring (bicyclic) bond motifs is 1. The van der Waals surface area contributed by atoms with E-state index in [1.165, 1.54) is 5.56 Å². The Morgan fingerprint density at radius 1 is 1.20 bits per heavy atom. The van der Waals surface area contributed by atoms with Gasteiger partial charge in [-0.25, -0.2) is 0 Å². The second-order valence-corrected chi connectivity index (χ2v) is 7.14. The topological polar surface area (TPSA) is 74.8 Å². The maximum absolute atomic E-state index is 12.0. The van der Waals surface area contributed by atoms with E-state index < -0.39 is 0 Å². The molecule has 1 unspecified atom stereocenters. The van der Waals surface area contributed by atoms with Crippen LogP contribution in [0.1, 0.15) is 36.8 Å². The number of para-hydroxylation sites is 1. The van der Waals surface area contributed by atoms with Crippen LogP contribution in [0.5, 0.6) is 5.75 Å². The van der Waals surface area contributed by atoms with Gasteiger partial charge in [-0.15, -0.1) is 24.0 Å². The van der Waals surface area contributed by atoms with Crippen molar-refractivity contribution in [3.63, 3.8) is 0 Å². The van der Waals surface area contributed by atoms with Crippen LogP contribution < -0.4 is 20.7 Å². The molecule has 0 saturated carbocycles. The van der Waals surface area contributed by atoms with Crippen molar-refractivity contribution in [1.82, 2.24) is 10.6 Å². The normalized spacial score (nSPS) is 15.5. The van der Waals surface area contributed by atoms with Gasteiger partial charge < -0.3 is 20.7 Å². The molecular formula is C23H31IN4O2. The van der Waals surface area contributed by atoms with Gasteiger partial charge in [0.15, 0.2) is 5.96 Å². The van der Waals surface area contributed by atoms with Crippen molar-refractivity contribution in [3.05, 3.63) is 59.7 Å². The third kappa shape index (κ3) is 6.90. The third-order valence-corrected chi connectivity index (χ3v) is 4.99. The maximum Gasteiger partial charge on any atom is 0.225 e. The number of guanidine groups is 1. The maximum atomic E-state index is 12.0. The summed E-state index contributed by atoms with van der Waals surface area (Å²) in [6.07, 6.45) is 2.43. The van der Waals surface area contributed by atoms with E-state index in [2.05, 4.69) is 41.1 Å². The molecular weight excluding hydrogens is 491 g/mol.